The van der Waals surface area contributed by atoms with Crippen molar-refractivity contribution >= 4 is 11.2 Å². The number of benzene rings is 1. The van der Waals surface area contributed by atoms with Crippen LogP contribution in [-0.2, 0) is 17.6 Å². The summed E-state index contributed by atoms with van der Waals surface area (Å²) in [5.41, 5.74) is 1.22. The van der Waals surface area contributed by atoms with Crippen molar-refractivity contribution in [3.63, 3.8) is 0 Å². The van der Waals surface area contributed by atoms with Crippen LogP contribution in [0.1, 0.15) is 25.3 Å². The maximum Gasteiger partial charge on any atom is 0.155 e. The van der Waals surface area contributed by atoms with Gasteiger partial charge in [-0.15, -0.1) is 0 Å². The lowest BCUT2D eigenvalue weighted by atomic mass is 10.1. The van der Waals surface area contributed by atoms with Crippen molar-refractivity contribution in [2.24, 2.45) is 0 Å². The van der Waals surface area contributed by atoms with Crippen molar-refractivity contribution < 1.29 is 4.55 Å². The standard InChI is InChI=1S/C12H17OS/c1-3-4-5-8-11-9-6-7-10-12(11)14(2)13/h4,6-7,9-10H,3,5,8H2,1-2H3. The normalized spacial score (nSPS) is 12.8. The molecule has 1 aromatic rings. The molecule has 2 heteroatoms. The van der Waals surface area contributed by atoms with Gasteiger partial charge in [-0.05, 0) is 36.5 Å². The highest BCUT2D eigenvalue weighted by molar-refractivity contribution is 7.90. The summed E-state index contributed by atoms with van der Waals surface area (Å²) in [7, 11) is 0. The van der Waals surface area contributed by atoms with Crippen molar-refractivity contribution in [1.29, 1.82) is 0 Å². The summed E-state index contributed by atoms with van der Waals surface area (Å²) in [4.78, 5) is 0.983. The minimum absolute atomic E-state index is 0.860. The predicted molar refractivity (Wildman–Crippen MR) is 61.7 cm³/mol. The highest BCUT2D eigenvalue weighted by atomic mass is 32.2. The fourth-order valence-electron chi connectivity index (χ4n) is 1.45. The Morgan fingerprint density at radius 3 is 2.71 bits per heavy atom. The zero-order valence-electron chi connectivity index (χ0n) is 8.82. The first-order valence-electron chi connectivity index (χ1n) is 4.98. The van der Waals surface area contributed by atoms with Gasteiger partial charge in [-0.25, -0.2) is 0 Å². The lowest BCUT2D eigenvalue weighted by Gasteiger charge is -2.09. The lowest BCUT2D eigenvalue weighted by molar-refractivity contribution is 0.599. The van der Waals surface area contributed by atoms with E-state index in [2.05, 4.69) is 19.4 Å². The Morgan fingerprint density at radius 1 is 1.36 bits per heavy atom. The van der Waals surface area contributed by atoms with Gasteiger partial charge in [0.15, 0.2) is 4.90 Å². The van der Waals surface area contributed by atoms with E-state index >= 15 is 0 Å². The van der Waals surface area contributed by atoms with Crippen LogP contribution in [0.3, 0.4) is 0 Å². The third-order valence-corrected chi connectivity index (χ3v) is 3.21. The summed E-state index contributed by atoms with van der Waals surface area (Å²) in [5, 5.41) is 0. The summed E-state index contributed by atoms with van der Waals surface area (Å²) >= 11 is -0.860. The van der Waals surface area contributed by atoms with Gasteiger partial charge < -0.3 is 4.55 Å². The molecule has 0 aliphatic rings. The molecule has 1 unspecified atom stereocenters. The summed E-state index contributed by atoms with van der Waals surface area (Å²) in [6.07, 6.45) is 7.18. The van der Waals surface area contributed by atoms with E-state index in [4.69, 9.17) is 0 Å². The Balaban J connectivity index is 2.64. The van der Waals surface area contributed by atoms with Crippen molar-refractivity contribution in [2.45, 2.75) is 31.1 Å². The van der Waals surface area contributed by atoms with Crippen LogP contribution in [0.2, 0.25) is 0 Å². The van der Waals surface area contributed by atoms with Crippen LogP contribution in [0.5, 0.6) is 0 Å². The fraction of sp³-hybridized carbons (Fsp3) is 0.417. The quantitative estimate of drug-likeness (QED) is 0.540. The van der Waals surface area contributed by atoms with Gasteiger partial charge in [0, 0.05) is 5.56 Å². The molecule has 0 spiro atoms. The molecule has 0 saturated heterocycles. The first-order chi connectivity index (χ1) is 6.75. The van der Waals surface area contributed by atoms with Crippen molar-refractivity contribution in [1.82, 2.24) is 0 Å². The number of unbranched alkanes of at least 4 members (excludes halogenated alkanes) is 2. The second-order valence-electron chi connectivity index (χ2n) is 3.30. The van der Waals surface area contributed by atoms with Crippen molar-refractivity contribution in [3.8, 4) is 0 Å². The Kier molecular flexibility index (Phi) is 5.05. The molecule has 1 atom stereocenters. The topological polar surface area (TPSA) is 23.1 Å². The van der Waals surface area contributed by atoms with E-state index in [9.17, 15) is 4.55 Å². The second kappa shape index (κ2) is 6.10. The van der Waals surface area contributed by atoms with Crippen LogP contribution in [-0.4, -0.2) is 10.8 Å². The van der Waals surface area contributed by atoms with E-state index in [1.165, 1.54) is 5.56 Å². The van der Waals surface area contributed by atoms with Gasteiger partial charge in [0.1, 0.15) is 6.26 Å². The molecule has 0 aliphatic heterocycles. The second-order valence-corrected chi connectivity index (χ2v) is 4.65. The third kappa shape index (κ3) is 3.35. The van der Waals surface area contributed by atoms with Crippen LogP contribution in [0.15, 0.2) is 29.2 Å². The maximum atomic E-state index is 11.4. The van der Waals surface area contributed by atoms with Crippen LogP contribution in [0, 0.1) is 6.42 Å². The summed E-state index contributed by atoms with van der Waals surface area (Å²) < 4.78 is 11.4. The summed E-state index contributed by atoms with van der Waals surface area (Å²) in [6.45, 7) is 2.14. The predicted octanol–water partition coefficient (Wildman–Crippen LogP) is 2.97. The van der Waals surface area contributed by atoms with Gasteiger partial charge in [-0.2, -0.15) is 0 Å². The largest absolute Gasteiger partial charge is 0.612 e. The molecule has 0 amide bonds. The van der Waals surface area contributed by atoms with Crippen LogP contribution in [0.4, 0.5) is 0 Å². The molecule has 1 nitrogen and oxygen atoms in total. The van der Waals surface area contributed by atoms with Gasteiger partial charge in [0.05, 0.1) is 0 Å². The molecule has 1 radical (unpaired) electrons. The van der Waals surface area contributed by atoms with Crippen molar-refractivity contribution in [2.75, 3.05) is 6.26 Å². The summed E-state index contributed by atoms with van der Waals surface area (Å²) in [5.74, 6) is 0. The number of hydrogen-bond donors (Lipinski definition) is 0. The Hall–Kier alpha value is -0.470. The molecular weight excluding hydrogens is 192 g/mol. The smallest absolute Gasteiger partial charge is 0.155 e. The van der Waals surface area contributed by atoms with Crippen LogP contribution >= 0.6 is 0 Å². The van der Waals surface area contributed by atoms with E-state index < -0.39 is 11.2 Å². The monoisotopic (exact) mass is 209 g/mol. The molecule has 14 heavy (non-hydrogen) atoms. The van der Waals surface area contributed by atoms with E-state index in [1.807, 2.05) is 18.2 Å². The highest BCUT2D eigenvalue weighted by Gasteiger charge is 2.09. The molecule has 1 aromatic carbocycles. The van der Waals surface area contributed by atoms with Crippen molar-refractivity contribution in [3.05, 3.63) is 36.2 Å². The zero-order chi connectivity index (χ0) is 10.4. The molecule has 0 N–H and O–H groups in total. The van der Waals surface area contributed by atoms with E-state index in [0.29, 0.717) is 0 Å². The van der Waals surface area contributed by atoms with Gasteiger partial charge in [-0.1, -0.05) is 31.5 Å². The zero-order valence-corrected chi connectivity index (χ0v) is 9.64. The molecule has 0 bridgehead atoms. The Morgan fingerprint density at radius 2 is 2.07 bits per heavy atom. The number of rotatable bonds is 5. The van der Waals surface area contributed by atoms with Crippen LogP contribution in [0.25, 0.3) is 0 Å². The van der Waals surface area contributed by atoms with Gasteiger partial charge >= 0.3 is 0 Å². The number of aryl methyl sites for hydroxylation is 1. The maximum absolute atomic E-state index is 11.4. The Bertz CT molecular complexity index is 271. The molecule has 0 aromatic heterocycles. The van der Waals surface area contributed by atoms with Crippen LogP contribution < -0.4 is 0 Å². The summed E-state index contributed by atoms with van der Waals surface area (Å²) in [6, 6.07) is 7.99. The number of hydrogen-bond acceptors (Lipinski definition) is 1. The average molecular weight is 209 g/mol. The highest BCUT2D eigenvalue weighted by Crippen LogP contribution is 2.17. The molecule has 0 saturated carbocycles. The molecular formula is C12H17OS. The average Bonchev–Trinajstić information content (AvgIpc) is 2.19. The third-order valence-electron chi connectivity index (χ3n) is 2.19. The molecule has 0 fully saturated rings. The minimum Gasteiger partial charge on any atom is -0.612 e. The first kappa shape index (κ1) is 11.6. The Labute approximate surface area is 89.7 Å². The van der Waals surface area contributed by atoms with E-state index in [0.717, 1.165) is 24.2 Å². The van der Waals surface area contributed by atoms with Gasteiger partial charge in [0.2, 0.25) is 0 Å². The van der Waals surface area contributed by atoms with E-state index in [-0.39, 0.29) is 0 Å². The van der Waals surface area contributed by atoms with Gasteiger partial charge in [0.25, 0.3) is 0 Å². The lowest BCUT2D eigenvalue weighted by Crippen LogP contribution is -2.02. The first-order valence-corrected chi connectivity index (χ1v) is 6.54. The minimum atomic E-state index is -0.860. The SMILES string of the molecule is CC[CH]CCc1ccccc1[S+](C)[O-]. The molecule has 1 rings (SSSR count). The van der Waals surface area contributed by atoms with Gasteiger partial charge in [-0.3, -0.25) is 0 Å². The van der Waals surface area contributed by atoms with E-state index in [1.54, 1.807) is 6.26 Å². The molecule has 0 heterocycles. The molecule has 0 aliphatic carbocycles. The fourth-order valence-corrected chi connectivity index (χ4v) is 2.26. The molecule has 77 valence electrons.